The molecule has 3 aromatic carbocycles. The van der Waals surface area contributed by atoms with Gasteiger partial charge in [-0.2, -0.15) is 0 Å². The molecular weight excluding hydrogens is 422 g/mol. The van der Waals surface area contributed by atoms with Gasteiger partial charge in [0.2, 0.25) is 9.84 Å². The van der Waals surface area contributed by atoms with Gasteiger partial charge in [0, 0.05) is 23.4 Å². The summed E-state index contributed by atoms with van der Waals surface area (Å²) in [4.78, 5) is 26.9. The number of nitrogens with one attached hydrogen (secondary N) is 1. The molecule has 5 nitrogen and oxygen atoms in total. The van der Waals surface area contributed by atoms with E-state index in [9.17, 15) is 18.0 Å². The fourth-order valence-corrected chi connectivity index (χ4v) is 5.47. The fraction of sp³-hybridized carbons (Fsp3) is 0.231. The minimum Gasteiger partial charge on any atom is -0.384 e. The Kier molecular flexibility index (Phi) is 5.98. The molecule has 0 bridgehead atoms. The predicted octanol–water partition coefficient (Wildman–Crippen LogP) is 5.21. The lowest BCUT2D eigenvalue weighted by Crippen LogP contribution is -2.25. The summed E-state index contributed by atoms with van der Waals surface area (Å²) in [6.07, 6.45) is 3.00. The van der Waals surface area contributed by atoms with E-state index in [1.54, 1.807) is 42.5 Å². The highest BCUT2D eigenvalue weighted by Crippen LogP contribution is 2.37. The number of ketones is 2. The number of carbonyl (C=O) groups excluding carboxylic acids is 2. The second-order valence-electron chi connectivity index (χ2n) is 8.02. The van der Waals surface area contributed by atoms with Gasteiger partial charge in [0.05, 0.1) is 20.9 Å². The lowest BCUT2D eigenvalue weighted by atomic mass is 9.83. The second kappa shape index (κ2) is 8.71. The van der Waals surface area contributed by atoms with Crippen molar-refractivity contribution in [3.05, 3.63) is 88.5 Å². The third-order valence-corrected chi connectivity index (χ3v) is 7.57. The summed E-state index contributed by atoms with van der Waals surface area (Å²) in [6.45, 7) is 4.61. The van der Waals surface area contributed by atoms with E-state index in [1.807, 2.05) is 6.92 Å². The maximum atomic E-state index is 13.5. The van der Waals surface area contributed by atoms with Gasteiger partial charge < -0.3 is 5.32 Å². The molecule has 0 aromatic heterocycles. The Labute approximate surface area is 188 Å². The Morgan fingerprint density at radius 3 is 2.03 bits per heavy atom. The van der Waals surface area contributed by atoms with Crippen molar-refractivity contribution >= 4 is 27.1 Å². The number of benzene rings is 3. The van der Waals surface area contributed by atoms with Gasteiger partial charge in [0.15, 0.2) is 11.6 Å². The van der Waals surface area contributed by atoms with Crippen molar-refractivity contribution in [1.29, 1.82) is 0 Å². The van der Waals surface area contributed by atoms with Gasteiger partial charge in [-0.1, -0.05) is 61.7 Å². The lowest BCUT2D eigenvalue weighted by Gasteiger charge is -2.23. The number of anilines is 1. The molecule has 0 aliphatic heterocycles. The van der Waals surface area contributed by atoms with Gasteiger partial charge in [-0.15, -0.1) is 0 Å². The molecule has 0 unspecified atom stereocenters. The van der Waals surface area contributed by atoms with Gasteiger partial charge in [-0.05, 0) is 37.6 Å². The smallest absolute Gasteiger partial charge is 0.207 e. The number of fused-ring (bicyclic) bond motifs is 2. The molecule has 0 amide bonds. The Hall–Kier alpha value is -3.25. The highest BCUT2D eigenvalue weighted by molar-refractivity contribution is 7.91. The summed E-state index contributed by atoms with van der Waals surface area (Å²) in [5.41, 5.74) is 2.04. The van der Waals surface area contributed by atoms with Crippen LogP contribution in [0.25, 0.3) is 0 Å². The molecule has 3 aromatic rings. The van der Waals surface area contributed by atoms with Crippen molar-refractivity contribution in [2.24, 2.45) is 0 Å². The molecule has 0 saturated heterocycles. The summed E-state index contributed by atoms with van der Waals surface area (Å²) >= 11 is 0. The highest BCUT2D eigenvalue weighted by Gasteiger charge is 2.37. The van der Waals surface area contributed by atoms with E-state index >= 15 is 0 Å². The first-order valence-electron chi connectivity index (χ1n) is 10.8. The summed E-state index contributed by atoms with van der Waals surface area (Å²) in [7, 11) is -4.00. The standard InChI is InChI=1S/C26H25NO4S/c1-3-4-7-16-27-21-14-15-22(32(30,31)18-12-10-17(2)11-13-18)24-23(21)25(28)19-8-5-6-9-20(19)26(24)29/h5-6,8-15,27H,3-4,7,16H2,1-2H3. The first-order chi connectivity index (χ1) is 15.4. The van der Waals surface area contributed by atoms with E-state index in [0.717, 1.165) is 24.8 Å². The van der Waals surface area contributed by atoms with Gasteiger partial charge in [-0.3, -0.25) is 9.59 Å². The number of carbonyl (C=O) groups is 2. The minimum absolute atomic E-state index is 0.0465. The van der Waals surface area contributed by atoms with Crippen molar-refractivity contribution in [3.8, 4) is 0 Å². The van der Waals surface area contributed by atoms with E-state index in [4.69, 9.17) is 0 Å². The van der Waals surface area contributed by atoms with Crippen LogP contribution in [0.15, 0.2) is 70.5 Å². The quantitative estimate of drug-likeness (QED) is 0.394. The molecular formula is C26H25NO4S. The average molecular weight is 448 g/mol. The molecule has 4 rings (SSSR count). The summed E-state index contributed by atoms with van der Waals surface area (Å²) in [5.74, 6) is -0.785. The second-order valence-corrected chi connectivity index (χ2v) is 9.93. The molecule has 0 spiro atoms. The Morgan fingerprint density at radius 1 is 0.781 bits per heavy atom. The molecule has 1 N–H and O–H groups in total. The van der Waals surface area contributed by atoms with Crippen molar-refractivity contribution in [1.82, 2.24) is 0 Å². The Morgan fingerprint density at radius 2 is 1.41 bits per heavy atom. The van der Waals surface area contributed by atoms with Gasteiger partial charge in [-0.25, -0.2) is 8.42 Å². The van der Waals surface area contributed by atoms with Crippen LogP contribution in [0.3, 0.4) is 0 Å². The van der Waals surface area contributed by atoms with Crippen molar-refractivity contribution in [3.63, 3.8) is 0 Å². The summed E-state index contributed by atoms with van der Waals surface area (Å²) in [5, 5.41) is 3.25. The van der Waals surface area contributed by atoms with Crippen LogP contribution in [-0.4, -0.2) is 26.5 Å². The molecule has 0 atom stereocenters. The summed E-state index contributed by atoms with van der Waals surface area (Å²) in [6, 6.07) is 16.1. The zero-order chi connectivity index (χ0) is 22.9. The van der Waals surface area contributed by atoms with Crippen LogP contribution in [0.5, 0.6) is 0 Å². The minimum atomic E-state index is -4.00. The molecule has 32 heavy (non-hydrogen) atoms. The molecule has 1 aliphatic carbocycles. The van der Waals surface area contributed by atoms with Crippen LogP contribution in [0.4, 0.5) is 5.69 Å². The number of sulfone groups is 1. The van der Waals surface area contributed by atoms with Crippen molar-refractivity contribution in [2.45, 2.75) is 42.9 Å². The van der Waals surface area contributed by atoms with Gasteiger partial charge in [0.1, 0.15) is 0 Å². The van der Waals surface area contributed by atoms with Gasteiger partial charge >= 0.3 is 0 Å². The molecule has 1 aliphatic rings. The fourth-order valence-electron chi connectivity index (χ4n) is 4.01. The predicted molar refractivity (Wildman–Crippen MR) is 124 cm³/mol. The monoisotopic (exact) mass is 447 g/mol. The third kappa shape index (κ3) is 3.75. The first-order valence-corrected chi connectivity index (χ1v) is 12.3. The normalized spacial score (nSPS) is 12.9. The zero-order valence-corrected chi connectivity index (χ0v) is 19.0. The number of hydrogen-bond acceptors (Lipinski definition) is 5. The lowest BCUT2D eigenvalue weighted by molar-refractivity contribution is 0.0977. The number of aryl methyl sites for hydroxylation is 1. The average Bonchev–Trinajstić information content (AvgIpc) is 2.80. The van der Waals surface area contributed by atoms with Crippen molar-refractivity contribution < 1.29 is 18.0 Å². The largest absolute Gasteiger partial charge is 0.384 e. The van der Waals surface area contributed by atoms with Gasteiger partial charge in [0.25, 0.3) is 0 Å². The molecule has 0 heterocycles. The summed E-state index contributed by atoms with van der Waals surface area (Å²) < 4.78 is 27.0. The van der Waals surface area contributed by atoms with Crippen LogP contribution in [0.1, 0.15) is 63.6 Å². The molecule has 0 radical (unpaired) electrons. The maximum Gasteiger partial charge on any atom is 0.207 e. The Balaban J connectivity index is 1.91. The maximum absolute atomic E-state index is 13.5. The zero-order valence-electron chi connectivity index (χ0n) is 18.1. The highest BCUT2D eigenvalue weighted by atomic mass is 32.2. The Bertz CT molecular complexity index is 1310. The number of rotatable bonds is 7. The van der Waals surface area contributed by atoms with E-state index < -0.39 is 15.6 Å². The van der Waals surface area contributed by atoms with Crippen LogP contribution in [-0.2, 0) is 9.84 Å². The van der Waals surface area contributed by atoms with E-state index in [0.29, 0.717) is 17.8 Å². The number of hydrogen-bond donors (Lipinski definition) is 1. The van der Waals surface area contributed by atoms with Crippen LogP contribution in [0, 0.1) is 6.92 Å². The number of unbranched alkanes of at least 4 members (excludes halogenated alkanes) is 2. The SMILES string of the molecule is CCCCCNc1ccc(S(=O)(=O)c2ccc(C)cc2)c2c1C(=O)c1ccccc1C2=O. The van der Waals surface area contributed by atoms with Crippen molar-refractivity contribution in [2.75, 3.05) is 11.9 Å². The third-order valence-electron chi connectivity index (χ3n) is 5.75. The molecule has 0 saturated carbocycles. The van der Waals surface area contributed by atoms with E-state index in [-0.39, 0.29) is 32.3 Å². The van der Waals surface area contributed by atoms with Crippen LogP contribution in [0.2, 0.25) is 0 Å². The molecule has 6 heteroatoms. The molecule has 0 fully saturated rings. The molecule has 164 valence electrons. The van der Waals surface area contributed by atoms with Crippen LogP contribution < -0.4 is 5.32 Å². The van der Waals surface area contributed by atoms with E-state index in [1.165, 1.54) is 18.2 Å². The first kappa shape index (κ1) is 22.0. The van der Waals surface area contributed by atoms with Crippen LogP contribution >= 0.6 is 0 Å². The van der Waals surface area contributed by atoms with E-state index in [2.05, 4.69) is 12.2 Å². The topological polar surface area (TPSA) is 80.3 Å².